The summed E-state index contributed by atoms with van der Waals surface area (Å²) >= 11 is 0. The average Bonchev–Trinajstić information content (AvgIpc) is 3.44. The first kappa shape index (κ1) is 30.2. The van der Waals surface area contributed by atoms with Crippen LogP contribution in [-0.4, -0.2) is 63.0 Å². The number of rotatable bonds is 1. The third-order valence-electron chi connectivity index (χ3n) is 9.62. The second-order valence-corrected chi connectivity index (χ2v) is 13.9. The third-order valence-corrected chi connectivity index (χ3v) is 9.62. The normalized spacial score (nSPS) is 31.3. The van der Waals surface area contributed by atoms with Crippen molar-refractivity contribution in [2.75, 3.05) is 6.54 Å². The minimum atomic E-state index is -0.879. The molecule has 2 aliphatic heterocycles. The first-order valence-electron chi connectivity index (χ1n) is 15.6. The van der Waals surface area contributed by atoms with Crippen molar-refractivity contribution < 1.29 is 23.9 Å². The fourth-order valence-electron chi connectivity index (χ4n) is 7.17. The number of nitrogens with one attached hydrogen (secondary N) is 1. The quantitative estimate of drug-likeness (QED) is 0.467. The van der Waals surface area contributed by atoms with Crippen LogP contribution in [0.1, 0.15) is 92.2 Å². The van der Waals surface area contributed by atoms with Crippen LogP contribution in [0.25, 0.3) is 11.0 Å². The number of alkyl carbamates (subject to hydrolysis) is 1. The zero-order valence-electron chi connectivity index (χ0n) is 25.9. The molecule has 2 aromatic rings. The summed E-state index contributed by atoms with van der Waals surface area (Å²) in [5, 5.41) is 2.91. The van der Waals surface area contributed by atoms with E-state index in [1.54, 1.807) is 4.90 Å². The lowest BCUT2D eigenvalue weighted by molar-refractivity contribution is -0.141. The van der Waals surface area contributed by atoms with Gasteiger partial charge in [-0.2, -0.15) is 0 Å². The van der Waals surface area contributed by atoms with Gasteiger partial charge in [-0.15, -0.1) is 0 Å². The molecule has 2 amide bonds. The van der Waals surface area contributed by atoms with Crippen molar-refractivity contribution in [2.24, 2.45) is 17.3 Å². The van der Waals surface area contributed by atoms with E-state index in [1.807, 2.05) is 58.9 Å². The SMILES string of the molecule is CC(=O)[C@@H]1[C@H](C)[C@@H]2CN1C(=O)[C@H](C(C)(C)C)NC(=O)O[C@]1(C)CCC[C@H]1CCCCCc1nc3ccccc3nc1O2. The van der Waals surface area contributed by atoms with Gasteiger partial charge in [0.1, 0.15) is 23.4 Å². The molecule has 2 bridgehead atoms. The van der Waals surface area contributed by atoms with Crippen molar-refractivity contribution in [2.45, 2.75) is 117 Å². The first-order valence-corrected chi connectivity index (χ1v) is 15.6. The lowest BCUT2D eigenvalue weighted by Crippen LogP contribution is -2.57. The molecular weight excluding hydrogens is 532 g/mol. The molecule has 0 spiro atoms. The average molecular weight is 579 g/mol. The van der Waals surface area contributed by atoms with E-state index < -0.39 is 35.3 Å². The van der Waals surface area contributed by atoms with Crippen LogP contribution in [0.2, 0.25) is 0 Å². The van der Waals surface area contributed by atoms with E-state index in [1.165, 1.54) is 6.92 Å². The smallest absolute Gasteiger partial charge is 0.408 e. The van der Waals surface area contributed by atoms with E-state index >= 15 is 0 Å². The Bertz CT molecular complexity index is 1340. The molecule has 3 aliphatic rings. The maximum Gasteiger partial charge on any atom is 0.408 e. The van der Waals surface area contributed by atoms with Crippen LogP contribution in [0.5, 0.6) is 5.88 Å². The predicted molar refractivity (Wildman–Crippen MR) is 160 cm³/mol. The number of aromatic nitrogens is 2. The molecule has 9 nitrogen and oxygen atoms in total. The second kappa shape index (κ2) is 11.8. The number of hydrogen-bond acceptors (Lipinski definition) is 7. The van der Waals surface area contributed by atoms with E-state index in [0.717, 1.165) is 68.1 Å². The molecule has 1 N–H and O–H groups in total. The van der Waals surface area contributed by atoms with Crippen LogP contribution in [0.3, 0.4) is 0 Å². The number of amides is 2. The number of ketones is 1. The third kappa shape index (κ3) is 6.11. The Morgan fingerprint density at radius 2 is 1.74 bits per heavy atom. The lowest BCUT2D eigenvalue weighted by atomic mass is 9.85. The number of hydrogen-bond donors (Lipinski definition) is 1. The number of ether oxygens (including phenoxy) is 2. The number of para-hydroxylation sites is 2. The van der Waals surface area contributed by atoms with Crippen molar-refractivity contribution in [1.82, 2.24) is 20.2 Å². The molecule has 3 heterocycles. The van der Waals surface area contributed by atoms with E-state index in [0.29, 0.717) is 5.88 Å². The maximum atomic E-state index is 14.2. The topological polar surface area (TPSA) is 111 Å². The highest BCUT2D eigenvalue weighted by Crippen LogP contribution is 2.42. The van der Waals surface area contributed by atoms with E-state index in [2.05, 4.69) is 5.32 Å². The molecular formula is C33H46N4O5. The molecule has 42 heavy (non-hydrogen) atoms. The molecule has 228 valence electrons. The number of benzene rings is 1. The fourth-order valence-corrected chi connectivity index (χ4v) is 7.17. The summed E-state index contributed by atoms with van der Waals surface area (Å²) in [6, 6.07) is 6.20. The molecule has 1 saturated heterocycles. The molecule has 0 unspecified atom stereocenters. The van der Waals surface area contributed by atoms with Gasteiger partial charge in [-0.1, -0.05) is 52.7 Å². The van der Waals surface area contributed by atoms with Gasteiger partial charge in [0.05, 0.1) is 23.6 Å². The highest BCUT2D eigenvalue weighted by atomic mass is 16.6. The Hall–Kier alpha value is -3.23. The largest absolute Gasteiger partial charge is 0.471 e. The highest BCUT2D eigenvalue weighted by molar-refractivity contribution is 5.92. The van der Waals surface area contributed by atoms with Crippen LogP contribution >= 0.6 is 0 Å². The van der Waals surface area contributed by atoms with Crippen molar-refractivity contribution in [3.05, 3.63) is 30.0 Å². The monoisotopic (exact) mass is 578 g/mol. The Kier molecular flexibility index (Phi) is 8.50. The van der Waals surface area contributed by atoms with E-state index in [9.17, 15) is 14.4 Å². The standard InChI is InChI=1S/C33H46N4O5/c1-20-26-19-37(27(20)21(2)38)30(39)28(32(3,4)5)36-31(40)42-33(6)18-12-14-22(33)13-8-7-9-17-25-29(41-26)35-24-16-11-10-15-23(24)34-25/h10-11,15-16,20,22,26-28H,7-9,12-14,17-19H2,1-6H3,(H,36,40)/t20-,22-,26+,27+,28-,33-/m1/s1. The summed E-state index contributed by atoms with van der Waals surface area (Å²) in [6.45, 7) is 11.4. The van der Waals surface area contributed by atoms with Gasteiger partial charge >= 0.3 is 6.09 Å². The summed E-state index contributed by atoms with van der Waals surface area (Å²) < 4.78 is 12.7. The summed E-state index contributed by atoms with van der Waals surface area (Å²) in [5.41, 5.74) is 1.19. The minimum Gasteiger partial charge on any atom is -0.471 e. The van der Waals surface area contributed by atoms with Crippen molar-refractivity contribution >= 4 is 28.8 Å². The minimum absolute atomic E-state index is 0.116. The van der Waals surface area contributed by atoms with Crippen LogP contribution in [0.4, 0.5) is 4.79 Å². The molecule has 2 fully saturated rings. The summed E-state index contributed by atoms with van der Waals surface area (Å²) in [5.74, 6) is 0.0412. The van der Waals surface area contributed by atoms with Gasteiger partial charge in [0.2, 0.25) is 11.8 Å². The summed E-state index contributed by atoms with van der Waals surface area (Å²) in [7, 11) is 0. The number of carbonyl (C=O) groups is 3. The zero-order valence-corrected chi connectivity index (χ0v) is 25.9. The Morgan fingerprint density at radius 1 is 1.05 bits per heavy atom. The van der Waals surface area contributed by atoms with E-state index in [4.69, 9.17) is 19.4 Å². The second-order valence-electron chi connectivity index (χ2n) is 13.9. The summed E-state index contributed by atoms with van der Waals surface area (Å²) in [4.78, 5) is 51.9. The van der Waals surface area contributed by atoms with Gasteiger partial charge in [-0.3, -0.25) is 9.59 Å². The Balaban J connectivity index is 1.52. The molecule has 6 atom stereocenters. The molecule has 1 aromatic carbocycles. The van der Waals surface area contributed by atoms with Gasteiger partial charge in [-0.05, 0) is 75.8 Å². The van der Waals surface area contributed by atoms with Gasteiger partial charge in [-0.25, -0.2) is 14.8 Å². The van der Waals surface area contributed by atoms with Crippen LogP contribution in [0.15, 0.2) is 24.3 Å². The molecule has 1 aliphatic carbocycles. The highest BCUT2D eigenvalue weighted by Gasteiger charge is 2.50. The lowest BCUT2D eigenvalue weighted by Gasteiger charge is -2.37. The molecule has 1 aromatic heterocycles. The first-order chi connectivity index (χ1) is 19.9. The number of Topliss-reactive ketones (excluding diaryl/α,β-unsaturated/α-hetero) is 1. The number of aryl methyl sites for hydroxylation is 1. The fraction of sp³-hybridized carbons (Fsp3) is 0.667. The molecule has 5 rings (SSSR count). The molecule has 9 heteroatoms. The van der Waals surface area contributed by atoms with Crippen LogP contribution in [-0.2, 0) is 20.7 Å². The zero-order chi connectivity index (χ0) is 30.2. The van der Waals surface area contributed by atoms with Crippen LogP contribution in [0, 0.1) is 17.3 Å². The number of nitrogens with zero attached hydrogens (tertiary/aromatic N) is 3. The predicted octanol–water partition coefficient (Wildman–Crippen LogP) is 5.63. The van der Waals surface area contributed by atoms with Crippen LogP contribution < -0.4 is 10.1 Å². The van der Waals surface area contributed by atoms with Gasteiger partial charge in [0.15, 0.2) is 5.78 Å². The molecule has 0 radical (unpaired) electrons. The Labute approximate surface area is 249 Å². The van der Waals surface area contributed by atoms with Crippen molar-refractivity contribution in [1.29, 1.82) is 0 Å². The Morgan fingerprint density at radius 3 is 2.43 bits per heavy atom. The number of carbonyl (C=O) groups excluding carboxylic acids is 3. The van der Waals surface area contributed by atoms with E-state index in [-0.39, 0.29) is 30.1 Å². The molecule has 1 saturated carbocycles. The van der Waals surface area contributed by atoms with Crippen molar-refractivity contribution in [3.8, 4) is 5.88 Å². The summed E-state index contributed by atoms with van der Waals surface area (Å²) in [6.07, 6.45) is 6.49. The van der Waals surface area contributed by atoms with Gasteiger partial charge in [0.25, 0.3) is 0 Å². The van der Waals surface area contributed by atoms with Crippen molar-refractivity contribution in [3.63, 3.8) is 0 Å². The van der Waals surface area contributed by atoms with Gasteiger partial charge in [0, 0.05) is 5.92 Å². The van der Waals surface area contributed by atoms with Gasteiger partial charge < -0.3 is 19.7 Å². The number of fused-ring (bicyclic) bond motifs is 5. The maximum absolute atomic E-state index is 14.2.